The van der Waals surface area contributed by atoms with E-state index in [4.69, 9.17) is 4.74 Å². The quantitative estimate of drug-likeness (QED) is 0.0701. The molecule has 1 saturated heterocycles. The van der Waals surface area contributed by atoms with E-state index in [1.165, 1.54) is 16.3 Å². The van der Waals surface area contributed by atoms with Crippen LogP contribution < -0.4 is 0 Å². The second-order valence-corrected chi connectivity index (χ2v) is 12.4. The molecular weight excluding hydrogens is 596 g/mol. The summed E-state index contributed by atoms with van der Waals surface area (Å²) in [6, 6.07) is 16.9. The smallest absolute Gasteiger partial charge is 0.317 e. The first-order chi connectivity index (χ1) is 22.7. The predicted molar refractivity (Wildman–Crippen MR) is 180 cm³/mol. The van der Waals surface area contributed by atoms with Crippen molar-refractivity contribution in [2.75, 3.05) is 26.2 Å². The molecule has 0 radical (unpaired) electrons. The van der Waals surface area contributed by atoms with Crippen LogP contribution in [0.25, 0.3) is 21.5 Å². The van der Waals surface area contributed by atoms with Crippen LogP contribution >= 0.6 is 0 Å². The highest BCUT2D eigenvalue weighted by atomic mass is 16.5. The zero-order chi connectivity index (χ0) is 33.1. The van der Waals surface area contributed by atoms with Crippen LogP contribution in [0.5, 0.6) is 0 Å². The number of fused-ring (bicyclic) bond motifs is 6. The Morgan fingerprint density at radius 2 is 1.66 bits per heavy atom. The first-order valence-electron chi connectivity index (χ1n) is 16.1. The van der Waals surface area contributed by atoms with Gasteiger partial charge in [0.1, 0.15) is 13.0 Å². The average molecular weight is 636 g/mol. The number of rotatable bonds is 12. The minimum absolute atomic E-state index is 0.00571. The van der Waals surface area contributed by atoms with Gasteiger partial charge < -0.3 is 25.0 Å². The molecule has 0 amide bonds. The number of nitrogens with zero attached hydrogens (tertiary/aromatic N) is 2. The minimum atomic E-state index is -1.47. The number of hydrogen-bond donors (Lipinski definition) is 3. The molecule has 0 saturated carbocycles. The number of allylic oxidation sites excluding steroid dienone is 7. The van der Waals surface area contributed by atoms with Crippen molar-refractivity contribution in [3.8, 4) is 0 Å². The number of aliphatic carboxylic acids is 3. The van der Waals surface area contributed by atoms with Gasteiger partial charge in [-0.2, -0.15) is 4.58 Å². The van der Waals surface area contributed by atoms with E-state index in [1.807, 2.05) is 35.3 Å². The van der Waals surface area contributed by atoms with Crippen LogP contribution in [0, 0.1) is 11.8 Å². The van der Waals surface area contributed by atoms with Crippen LogP contribution in [0.4, 0.5) is 5.69 Å². The molecule has 3 aromatic carbocycles. The Morgan fingerprint density at radius 1 is 0.979 bits per heavy atom. The highest BCUT2D eigenvalue weighted by Gasteiger charge is 2.53. The van der Waals surface area contributed by atoms with Crippen molar-refractivity contribution in [1.29, 1.82) is 0 Å². The van der Waals surface area contributed by atoms with Gasteiger partial charge in [0.2, 0.25) is 5.69 Å². The van der Waals surface area contributed by atoms with Crippen LogP contribution in [0.3, 0.4) is 0 Å². The first-order valence-corrected chi connectivity index (χ1v) is 16.1. The van der Waals surface area contributed by atoms with Crippen molar-refractivity contribution >= 4 is 50.9 Å². The van der Waals surface area contributed by atoms with E-state index in [-0.39, 0.29) is 25.3 Å². The van der Waals surface area contributed by atoms with Gasteiger partial charge in [0.25, 0.3) is 0 Å². The summed E-state index contributed by atoms with van der Waals surface area (Å²) >= 11 is 0. The summed E-state index contributed by atoms with van der Waals surface area (Å²) in [5.74, 6) is -4.22. The number of carbonyl (C=O) groups is 3. The van der Waals surface area contributed by atoms with E-state index in [0.717, 1.165) is 35.0 Å². The fourth-order valence-electron chi connectivity index (χ4n) is 7.47. The minimum Gasteiger partial charge on any atom is -0.481 e. The molecule has 242 valence electrons. The SMILES string of the molecule is CC1(C2C=CCC2)C(/C=C/C=C/C=C2/OCCN2CCC(C(=O)O)C(=O)O)=[N+](CCC(=O)O)c2c1c1ccccc1c1ccccc21. The molecule has 6 rings (SSSR count). The molecule has 2 aliphatic heterocycles. The second-order valence-electron chi connectivity index (χ2n) is 12.4. The summed E-state index contributed by atoms with van der Waals surface area (Å²) in [5, 5.41) is 32.8. The predicted octanol–water partition coefficient (Wildman–Crippen LogP) is 6.25. The Labute approximate surface area is 273 Å². The molecule has 0 spiro atoms. The van der Waals surface area contributed by atoms with Crippen molar-refractivity contribution in [2.45, 2.75) is 38.0 Å². The molecule has 1 fully saturated rings. The molecule has 3 aromatic rings. The van der Waals surface area contributed by atoms with Crippen LogP contribution in [0.2, 0.25) is 0 Å². The van der Waals surface area contributed by atoms with Crippen molar-refractivity contribution in [1.82, 2.24) is 4.90 Å². The summed E-state index contributed by atoms with van der Waals surface area (Å²) in [6.45, 7) is 3.87. The topological polar surface area (TPSA) is 127 Å². The molecule has 0 aromatic heterocycles. The van der Waals surface area contributed by atoms with Gasteiger partial charge in [0, 0.05) is 18.2 Å². The average Bonchev–Trinajstić information content (AvgIpc) is 3.80. The van der Waals surface area contributed by atoms with Crippen molar-refractivity contribution in [3.63, 3.8) is 0 Å². The molecule has 2 atom stereocenters. The summed E-state index contributed by atoms with van der Waals surface area (Å²) in [5.41, 5.74) is 2.94. The fraction of sp³-hybridized carbons (Fsp3) is 0.316. The van der Waals surface area contributed by atoms with Crippen molar-refractivity contribution in [3.05, 3.63) is 103 Å². The molecule has 1 aliphatic carbocycles. The monoisotopic (exact) mass is 635 g/mol. The van der Waals surface area contributed by atoms with Gasteiger partial charge >= 0.3 is 17.9 Å². The molecule has 9 heteroatoms. The van der Waals surface area contributed by atoms with E-state index in [9.17, 15) is 29.7 Å². The molecule has 0 bridgehead atoms. The lowest BCUT2D eigenvalue weighted by atomic mass is 9.67. The number of hydrogen-bond acceptors (Lipinski definition) is 5. The normalized spacial score (nSPS) is 21.7. The maximum Gasteiger partial charge on any atom is 0.317 e. The van der Waals surface area contributed by atoms with E-state index < -0.39 is 29.2 Å². The van der Waals surface area contributed by atoms with Gasteiger partial charge in [0.15, 0.2) is 24.1 Å². The first kappa shape index (κ1) is 31.8. The maximum absolute atomic E-state index is 11.9. The number of ether oxygens (including phenoxy) is 1. The molecular formula is C38H39N2O7+. The summed E-state index contributed by atoms with van der Waals surface area (Å²) in [4.78, 5) is 36.4. The summed E-state index contributed by atoms with van der Waals surface area (Å²) in [7, 11) is 0. The Bertz CT molecular complexity index is 1890. The van der Waals surface area contributed by atoms with Crippen LogP contribution in [-0.2, 0) is 24.5 Å². The maximum atomic E-state index is 11.9. The van der Waals surface area contributed by atoms with Gasteiger partial charge in [-0.1, -0.05) is 72.8 Å². The third-order valence-electron chi connectivity index (χ3n) is 9.74. The van der Waals surface area contributed by atoms with Crippen molar-refractivity contribution in [2.24, 2.45) is 11.8 Å². The van der Waals surface area contributed by atoms with Crippen LogP contribution in [0.1, 0.15) is 38.2 Å². The second kappa shape index (κ2) is 13.3. The Hall–Kier alpha value is -5.18. The molecule has 2 heterocycles. The van der Waals surface area contributed by atoms with Gasteiger partial charge in [-0.15, -0.1) is 0 Å². The number of carboxylic acid groups (broad SMARTS) is 3. The lowest BCUT2D eigenvalue weighted by Gasteiger charge is -2.30. The number of carboxylic acids is 3. The lowest BCUT2D eigenvalue weighted by molar-refractivity contribution is -0.435. The highest BCUT2D eigenvalue weighted by Crippen LogP contribution is 2.54. The lowest BCUT2D eigenvalue weighted by Crippen LogP contribution is -2.38. The zero-order valence-corrected chi connectivity index (χ0v) is 26.3. The number of benzene rings is 3. The zero-order valence-electron chi connectivity index (χ0n) is 26.3. The largest absolute Gasteiger partial charge is 0.481 e. The third kappa shape index (κ3) is 5.93. The standard InChI is InChI=1S/C38H38N2O7/c1-38(25-11-5-6-12-25)31(17-3-2-4-18-32-39(23-24-47-32)21-19-30(36(43)44)37(45)46)40(22-20-33(41)42)35-29-16-10-8-14-27(29)26-13-7-9-15-28(26)34(35)38/h2-5,7-11,13-18,25,30H,6,12,19-24H2,1H3,(H2-,41,42,43,44,45,46)/p+1. The van der Waals surface area contributed by atoms with Gasteiger partial charge in [-0.3, -0.25) is 14.4 Å². The fourth-order valence-corrected chi connectivity index (χ4v) is 7.47. The van der Waals surface area contributed by atoms with Crippen LogP contribution in [0.15, 0.2) is 96.9 Å². The molecule has 9 nitrogen and oxygen atoms in total. The van der Waals surface area contributed by atoms with Gasteiger partial charge in [0.05, 0.1) is 17.3 Å². The van der Waals surface area contributed by atoms with Crippen LogP contribution in [-0.4, -0.2) is 74.7 Å². The Morgan fingerprint density at radius 3 is 2.32 bits per heavy atom. The van der Waals surface area contributed by atoms with Crippen molar-refractivity contribution < 1.29 is 39.0 Å². The van der Waals surface area contributed by atoms with E-state index in [2.05, 4.69) is 66.1 Å². The van der Waals surface area contributed by atoms with Gasteiger partial charge in [-0.05, 0) is 60.4 Å². The summed E-state index contributed by atoms with van der Waals surface area (Å²) < 4.78 is 7.95. The highest BCUT2D eigenvalue weighted by molar-refractivity contribution is 6.19. The Balaban J connectivity index is 1.39. The third-order valence-corrected chi connectivity index (χ3v) is 9.74. The Kier molecular flexibility index (Phi) is 8.98. The summed E-state index contributed by atoms with van der Waals surface area (Å²) in [6.07, 6.45) is 16.1. The molecule has 3 N–H and O–H groups in total. The molecule has 47 heavy (non-hydrogen) atoms. The molecule has 3 aliphatic rings. The van der Waals surface area contributed by atoms with E-state index in [1.54, 1.807) is 6.08 Å². The van der Waals surface area contributed by atoms with E-state index in [0.29, 0.717) is 25.6 Å². The van der Waals surface area contributed by atoms with Gasteiger partial charge in [-0.25, -0.2) is 0 Å². The molecule has 2 unspecified atom stereocenters. The van der Waals surface area contributed by atoms with E-state index >= 15 is 0 Å².